The van der Waals surface area contributed by atoms with Gasteiger partial charge in [0, 0.05) is 24.1 Å². The molecular weight excluding hydrogens is 297 g/mol. The van der Waals surface area contributed by atoms with Crippen LogP contribution in [0.5, 0.6) is 0 Å². The van der Waals surface area contributed by atoms with Gasteiger partial charge in [0.15, 0.2) is 11.3 Å². The van der Waals surface area contributed by atoms with E-state index in [9.17, 15) is 18.0 Å². The number of hydrogen-bond donors (Lipinski definition) is 1. The molecule has 0 aliphatic rings. The van der Waals surface area contributed by atoms with Crippen molar-refractivity contribution in [3.63, 3.8) is 0 Å². The molecule has 0 aliphatic carbocycles. The van der Waals surface area contributed by atoms with Gasteiger partial charge >= 0.3 is 6.18 Å². The summed E-state index contributed by atoms with van der Waals surface area (Å²) in [5, 5.41) is 6.52. The van der Waals surface area contributed by atoms with E-state index >= 15 is 0 Å². The first-order valence-electron chi connectivity index (χ1n) is 6.22. The number of carbonyl (C=O) groups is 1. The standard InChI is InChI=1S/C14H9F3N4O/c15-14(16,17)9-2-4-10(5-3-9)19-13(22)11-8-12-18-6-1-7-21(12)20-11/h1-8H,(H,19,22). The molecule has 0 radical (unpaired) electrons. The Morgan fingerprint density at radius 1 is 1.18 bits per heavy atom. The van der Waals surface area contributed by atoms with Crippen molar-refractivity contribution in [1.29, 1.82) is 0 Å². The van der Waals surface area contributed by atoms with Gasteiger partial charge in [-0.3, -0.25) is 4.79 Å². The first-order valence-corrected chi connectivity index (χ1v) is 6.22. The normalized spacial score (nSPS) is 11.6. The van der Waals surface area contributed by atoms with Crippen molar-refractivity contribution in [2.45, 2.75) is 6.18 Å². The van der Waals surface area contributed by atoms with E-state index in [0.717, 1.165) is 12.1 Å². The molecule has 1 aromatic carbocycles. The van der Waals surface area contributed by atoms with Crippen molar-refractivity contribution in [3.8, 4) is 0 Å². The van der Waals surface area contributed by atoms with Gasteiger partial charge in [-0.25, -0.2) is 9.50 Å². The number of anilines is 1. The Morgan fingerprint density at radius 3 is 2.55 bits per heavy atom. The van der Waals surface area contributed by atoms with Crippen molar-refractivity contribution in [2.75, 3.05) is 5.32 Å². The Hall–Kier alpha value is -2.90. The molecule has 3 aromatic rings. The number of amides is 1. The van der Waals surface area contributed by atoms with E-state index in [4.69, 9.17) is 0 Å². The molecule has 0 saturated carbocycles. The van der Waals surface area contributed by atoms with Gasteiger partial charge in [-0.2, -0.15) is 18.3 Å². The number of carbonyl (C=O) groups excluding carboxylic acids is 1. The molecule has 3 rings (SSSR count). The second-order valence-corrected chi connectivity index (χ2v) is 4.48. The summed E-state index contributed by atoms with van der Waals surface area (Å²) >= 11 is 0. The summed E-state index contributed by atoms with van der Waals surface area (Å²) in [5.74, 6) is -0.523. The van der Waals surface area contributed by atoms with Gasteiger partial charge in [0.2, 0.25) is 0 Å². The molecule has 112 valence electrons. The molecule has 0 unspecified atom stereocenters. The van der Waals surface area contributed by atoms with Crippen LogP contribution in [0.15, 0.2) is 48.8 Å². The molecule has 5 nitrogen and oxygen atoms in total. The van der Waals surface area contributed by atoms with Gasteiger partial charge in [0.05, 0.1) is 5.56 Å². The van der Waals surface area contributed by atoms with E-state index in [0.29, 0.717) is 5.65 Å². The maximum Gasteiger partial charge on any atom is 0.416 e. The molecule has 1 amide bonds. The summed E-state index contributed by atoms with van der Waals surface area (Å²) in [6.45, 7) is 0. The van der Waals surface area contributed by atoms with Crippen molar-refractivity contribution in [1.82, 2.24) is 14.6 Å². The van der Waals surface area contributed by atoms with Crippen LogP contribution in [0.1, 0.15) is 16.1 Å². The lowest BCUT2D eigenvalue weighted by Gasteiger charge is -2.08. The van der Waals surface area contributed by atoms with Crippen LogP contribution in [-0.2, 0) is 6.18 Å². The van der Waals surface area contributed by atoms with Gasteiger partial charge in [0.1, 0.15) is 0 Å². The largest absolute Gasteiger partial charge is 0.416 e. The minimum Gasteiger partial charge on any atom is -0.321 e. The average molecular weight is 306 g/mol. The van der Waals surface area contributed by atoms with E-state index in [1.165, 1.54) is 22.7 Å². The van der Waals surface area contributed by atoms with Crippen LogP contribution in [0.3, 0.4) is 0 Å². The predicted octanol–water partition coefficient (Wildman–Crippen LogP) is 3.00. The zero-order valence-electron chi connectivity index (χ0n) is 11.0. The number of benzene rings is 1. The maximum atomic E-state index is 12.5. The summed E-state index contributed by atoms with van der Waals surface area (Å²) in [5.41, 5.74) is 0.101. The first-order chi connectivity index (χ1) is 10.4. The lowest BCUT2D eigenvalue weighted by atomic mass is 10.2. The highest BCUT2D eigenvalue weighted by atomic mass is 19.4. The maximum absolute atomic E-state index is 12.5. The van der Waals surface area contributed by atoms with E-state index < -0.39 is 17.6 Å². The van der Waals surface area contributed by atoms with Gasteiger partial charge in [-0.05, 0) is 30.3 Å². The summed E-state index contributed by atoms with van der Waals surface area (Å²) in [6.07, 6.45) is -1.21. The second-order valence-electron chi connectivity index (χ2n) is 4.48. The number of alkyl halides is 3. The lowest BCUT2D eigenvalue weighted by molar-refractivity contribution is -0.137. The fourth-order valence-corrected chi connectivity index (χ4v) is 1.88. The first kappa shape index (κ1) is 14.1. The monoisotopic (exact) mass is 306 g/mol. The molecule has 2 aromatic heterocycles. The summed E-state index contributed by atoms with van der Waals surface area (Å²) in [4.78, 5) is 16.1. The number of nitrogens with one attached hydrogen (secondary N) is 1. The number of nitrogens with zero attached hydrogens (tertiary/aromatic N) is 3. The lowest BCUT2D eigenvalue weighted by Crippen LogP contribution is -2.13. The van der Waals surface area contributed by atoms with E-state index in [1.54, 1.807) is 18.5 Å². The van der Waals surface area contributed by atoms with Crippen molar-refractivity contribution < 1.29 is 18.0 Å². The van der Waals surface area contributed by atoms with Crippen LogP contribution >= 0.6 is 0 Å². The van der Waals surface area contributed by atoms with Crippen molar-refractivity contribution >= 4 is 17.2 Å². The quantitative estimate of drug-likeness (QED) is 0.792. The minimum atomic E-state index is -4.41. The van der Waals surface area contributed by atoms with Crippen LogP contribution in [0.2, 0.25) is 0 Å². The number of hydrogen-bond acceptors (Lipinski definition) is 3. The molecule has 0 saturated heterocycles. The van der Waals surface area contributed by atoms with E-state index in [1.807, 2.05) is 0 Å². The second kappa shape index (κ2) is 5.14. The van der Waals surface area contributed by atoms with Crippen LogP contribution in [0.4, 0.5) is 18.9 Å². The topological polar surface area (TPSA) is 59.3 Å². The summed E-state index contributed by atoms with van der Waals surface area (Å²) in [6, 6.07) is 7.34. The SMILES string of the molecule is O=C(Nc1ccc(C(F)(F)F)cc1)c1cc2ncccn2n1. The number of fused-ring (bicyclic) bond motifs is 1. The molecule has 0 fully saturated rings. The fraction of sp³-hybridized carbons (Fsp3) is 0.0714. The molecule has 0 atom stereocenters. The summed E-state index contributed by atoms with van der Waals surface area (Å²) < 4.78 is 38.8. The number of rotatable bonds is 2. The van der Waals surface area contributed by atoms with Crippen molar-refractivity contribution in [3.05, 3.63) is 60.0 Å². The minimum absolute atomic E-state index is 0.124. The van der Waals surface area contributed by atoms with Gasteiger partial charge < -0.3 is 5.32 Å². The molecular formula is C14H9F3N4O. The smallest absolute Gasteiger partial charge is 0.321 e. The van der Waals surface area contributed by atoms with Crippen LogP contribution in [-0.4, -0.2) is 20.5 Å². The van der Waals surface area contributed by atoms with Crippen LogP contribution in [0, 0.1) is 0 Å². The Kier molecular flexibility index (Phi) is 3.28. The zero-order chi connectivity index (χ0) is 15.7. The molecule has 2 heterocycles. The molecule has 0 bridgehead atoms. The van der Waals surface area contributed by atoms with Gasteiger partial charge in [-0.1, -0.05) is 0 Å². The fourth-order valence-electron chi connectivity index (χ4n) is 1.88. The number of aromatic nitrogens is 3. The Balaban J connectivity index is 1.79. The van der Waals surface area contributed by atoms with E-state index in [2.05, 4.69) is 15.4 Å². The average Bonchev–Trinajstić information content (AvgIpc) is 2.91. The Morgan fingerprint density at radius 2 is 1.91 bits per heavy atom. The Bertz CT molecular complexity index is 791. The summed E-state index contributed by atoms with van der Waals surface area (Å²) in [7, 11) is 0. The highest BCUT2D eigenvalue weighted by molar-refractivity contribution is 6.03. The molecule has 22 heavy (non-hydrogen) atoms. The third-order valence-electron chi connectivity index (χ3n) is 2.94. The third kappa shape index (κ3) is 2.76. The molecule has 0 spiro atoms. The highest BCUT2D eigenvalue weighted by Gasteiger charge is 2.30. The van der Waals surface area contributed by atoms with E-state index in [-0.39, 0.29) is 11.4 Å². The van der Waals surface area contributed by atoms with Gasteiger partial charge in [-0.15, -0.1) is 0 Å². The van der Waals surface area contributed by atoms with Gasteiger partial charge in [0.25, 0.3) is 5.91 Å². The highest BCUT2D eigenvalue weighted by Crippen LogP contribution is 2.29. The third-order valence-corrected chi connectivity index (χ3v) is 2.94. The molecule has 0 aliphatic heterocycles. The zero-order valence-corrected chi connectivity index (χ0v) is 11.0. The number of halogens is 3. The molecule has 8 heteroatoms. The van der Waals surface area contributed by atoms with Crippen molar-refractivity contribution in [2.24, 2.45) is 0 Å². The van der Waals surface area contributed by atoms with Crippen LogP contribution < -0.4 is 5.32 Å². The van der Waals surface area contributed by atoms with Crippen LogP contribution in [0.25, 0.3) is 5.65 Å². The molecule has 1 N–H and O–H groups in total. The predicted molar refractivity (Wildman–Crippen MR) is 72.4 cm³/mol. The Labute approximate surface area is 122 Å².